The maximum Gasteiger partial charge on any atom is 0.222 e. The molecule has 0 spiro atoms. The predicted octanol–water partition coefficient (Wildman–Crippen LogP) is 1.99. The number of carbonyl (C=O) groups is 1. The summed E-state index contributed by atoms with van der Waals surface area (Å²) in [5.41, 5.74) is 6.29. The van der Waals surface area contributed by atoms with E-state index in [9.17, 15) is 9.18 Å². The van der Waals surface area contributed by atoms with Crippen molar-refractivity contribution in [2.75, 3.05) is 0 Å². The van der Waals surface area contributed by atoms with Gasteiger partial charge >= 0.3 is 0 Å². The Morgan fingerprint density at radius 3 is 2.78 bits per heavy atom. The van der Waals surface area contributed by atoms with E-state index in [1.807, 2.05) is 13.0 Å². The summed E-state index contributed by atoms with van der Waals surface area (Å²) in [6.45, 7) is 4.10. The van der Waals surface area contributed by atoms with E-state index in [-0.39, 0.29) is 29.6 Å². The summed E-state index contributed by atoms with van der Waals surface area (Å²) in [6.07, 6.45) is 0.902. The summed E-state index contributed by atoms with van der Waals surface area (Å²) >= 11 is 0. The molecule has 2 rings (SSSR count). The lowest BCUT2D eigenvalue weighted by molar-refractivity contribution is -0.125. The van der Waals surface area contributed by atoms with Gasteiger partial charge in [-0.15, -0.1) is 0 Å². The first-order valence-corrected chi connectivity index (χ1v) is 6.30. The molecular weight excluding hydrogens is 231 g/mol. The van der Waals surface area contributed by atoms with Crippen molar-refractivity contribution >= 4 is 5.91 Å². The number of benzene rings is 1. The topological polar surface area (TPSA) is 55.1 Å². The van der Waals surface area contributed by atoms with Crippen LogP contribution < -0.4 is 11.1 Å². The smallest absolute Gasteiger partial charge is 0.222 e. The van der Waals surface area contributed by atoms with Crippen LogP contribution >= 0.6 is 0 Å². The minimum atomic E-state index is -0.323. The molecule has 4 heteroatoms. The first-order chi connectivity index (χ1) is 8.49. The van der Waals surface area contributed by atoms with Crippen molar-refractivity contribution in [3.63, 3.8) is 0 Å². The molecule has 1 aliphatic rings. The molecule has 0 saturated carbocycles. The van der Waals surface area contributed by atoms with Crippen molar-refractivity contribution in [3.8, 4) is 0 Å². The van der Waals surface area contributed by atoms with Gasteiger partial charge in [0.1, 0.15) is 5.82 Å². The molecule has 0 radical (unpaired) electrons. The zero-order valence-electron chi connectivity index (χ0n) is 10.7. The van der Waals surface area contributed by atoms with E-state index < -0.39 is 0 Å². The van der Waals surface area contributed by atoms with Gasteiger partial charge in [0.15, 0.2) is 0 Å². The Balaban J connectivity index is 2.35. The average molecular weight is 250 g/mol. The number of hydrogen-bond donors (Lipinski definition) is 2. The van der Waals surface area contributed by atoms with Crippen molar-refractivity contribution in [2.24, 2.45) is 17.6 Å². The van der Waals surface area contributed by atoms with Gasteiger partial charge in [-0.05, 0) is 37.0 Å². The summed E-state index contributed by atoms with van der Waals surface area (Å²) in [5.74, 6) is -0.699. The Labute approximate surface area is 107 Å². The minimum absolute atomic E-state index is 0.197. The Hall–Kier alpha value is -1.42. The van der Waals surface area contributed by atoms with E-state index in [1.54, 1.807) is 6.07 Å². The van der Waals surface area contributed by atoms with E-state index in [1.165, 1.54) is 12.1 Å². The molecule has 1 heterocycles. The molecule has 1 aromatic rings. The molecule has 1 saturated heterocycles. The normalized spacial score (nSPS) is 32.2. The summed E-state index contributed by atoms with van der Waals surface area (Å²) in [4.78, 5) is 11.6. The average Bonchev–Trinajstić information content (AvgIpc) is 2.27. The fourth-order valence-corrected chi connectivity index (χ4v) is 2.96. The number of carbonyl (C=O) groups excluding carboxylic acids is 1. The Bertz CT molecular complexity index is 449. The van der Waals surface area contributed by atoms with Crippen molar-refractivity contribution < 1.29 is 9.18 Å². The van der Waals surface area contributed by atoms with Crippen molar-refractivity contribution in [3.05, 3.63) is 35.6 Å². The van der Waals surface area contributed by atoms with E-state index in [2.05, 4.69) is 12.2 Å². The molecule has 4 unspecified atom stereocenters. The fraction of sp³-hybridized carbons (Fsp3) is 0.500. The zero-order chi connectivity index (χ0) is 13.3. The molecule has 0 bridgehead atoms. The third kappa shape index (κ3) is 2.53. The molecule has 98 valence electrons. The summed E-state index contributed by atoms with van der Waals surface area (Å²) < 4.78 is 13.3. The second-order valence-electron chi connectivity index (χ2n) is 5.24. The van der Waals surface area contributed by atoms with Crippen LogP contribution in [0, 0.1) is 17.7 Å². The van der Waals surface area contributed by atoms with E-state index >= 15 is 0 Å². The maximum absolute atomic E-state index is 13.3. The Kier molecular flexibility index (Phi) is 3.66. The van der Waals surface area contributed by atoms with Gasteiger partial charge in [-0.1, -0.05) is 19.1 Å². The van der Waals surface area contributed by atoms with Gasteiger partial charge in [0.2, 0.25) is 5.91 Å². The van der Waals surface area contributed by atoms with Crippen LogP contribution in [-0.4, -0.2) is 11.9 Å². The number of rotatable bonds is 2. The molecular formula is C14H19FN2O. The number of amides is 1. The van der Waals surface area contributed by atoms with Crippen molar-refractivity contribution in [2.45, 2.75) is 32.4 Å². The summed E-state index contributed by atoms with van der Waals surface area (Å²) in [6, 6.07) is 6.47. The van der Waals surface area contributed by atoms with Crippen LogP contribution in [0.3, 0.4) is 0 Å². The number of primary amides is 1. The third-order valence-electron chi connectivity index (χ3n) is 3.70. The van der Waals surface area contributed by atoms with Gasteiger partial charge in [0.05, 0.1) is 5.92 Å². The van der Waals surface area contributed by atoms with Crippen LogP contribution in [0.25, 0.3) is 0 Å². The summed E-state index contributed by atoms with van der Waals surface area (Å²) in [5, 5.41) is 3.35. The van der Waals surface area contributed by atoms with Gasteiger partial charge < -0.3 is 11.1 Å². The third-order valence-corrected chi connectivity index (χ3v) is 3.70. The van der Waals surface area contributed by atoms with Crippen molar-refractivity contribution in [1.82, 2.24) is 5.32 Å². The van der Waals surface area contributed by atoms with Gasteiger partial charge in [-0.3, -0.25) is 4.79 Å². The number of halogens is 1. The SMILES string of the molecule is CC1CC(C)C(C(N)=O)C(c2cccc(F)c2)N1. The number of hydrogen-bond acceptors (Lipinski definition) is 2. The lowest BCUT2D eigenvalue weighted by atomic mass is 9.76. The molecule has 1 aliphatic heterocycles. The first kappa shape index (κ1) is 13.0. The van der Waals surface area contributed by atoms with E-state index in [0.717, 1.165) is 12.0 Å². The second-order valence-corrected chi connectivity index (χ2v) is 5.24. The minimum Gasteiger partial charge on any atom is -0.369 e. The fourth-order valence-electron chi connectivity index (χ4n) is 2.96. The largest absolute Gasteiger partial charge is 0.369 e. The molecule has 1 fully saturated rings. The van der Waals surface area contributed by atoms with Crippen molar-refractivity contribution in [1.29, 1.82) is 0 Å². The van der Waals surface area contributed by atoms with Gasteiger partial charge in [0, 0.05) is 12.1 Å². The molecule has 3 N–H and O–H groups in total. The molecule has 1 amide bonds. The molecule has 3 nitrogen and oxygen atoms in total. The van der Waals surface area contributed by atoms with Crippen LogP contribution in [0.1, 0.15) is 31.9 Å². The van der Waals surface area contributed by atoms with Gasteiger partial charge in [0.25, 0.3) is 0 Å². The highest BCUT2D eigenvalue weighted by Crippen LogP contribution is 2.35. The van der Waals surface area contributed by atoms with Gasteiger partial charge in [-0.25, -0.2) is 4.39 Å². The predicted molar refractivity (Wildman–Crippen MR) is 68.2 cm³/mol. The lowest BCUT2D eigenvalue weighted by Gasteiger charge is -2.39. The van der Waals surface area contributed by atoms with E-state index in [4.69, 9.17) is 5.73 Å². The quantitative estimate of drug-likeness (QED) is 0.843. The molecule has 4 atom stereocenters. The monoisotopic (exact) mass is 250 g/mol. The maximum atomic E-state index is 13.3. The Morgan fingerprint density at radius 2 is 2.17 bits per heavy atom. The summed E-state index contributed by atoms with van der Waals surface area (Å²) in [7, 11) is 0. The second kappa shape index (κ2) is 5.06. The standard InChI is InChI=1S/C14H19FN2O/c1-8-6-9(2)17-13(12(8)14(16)18)10-4-3-5-11(15)7-10/h3-5,7-9,12-13,17H,6H2,1-2H3,(H2,16,18). The highest BCUT2D eigenvalue weighted by molar-refractivity contribution is 5.78. The molecule has 18 heavy (non-hydrogen) atoms. The van der Waals surface area contributed by atoms with Crippen LogP contribution in [0.2, 0.25) is 0 Å². The number of piperidine rings is 1. The van der Waals surface area contributed by atoms with Crippen LogP contribution in [0.5, 0.6) is 0 Å². The molecule has 0 aliphatic carbocycles. The van der Waals surface area contributed by atoms with E-state index in [0.29, 0.717) is 6.04 Å². The number of nitrogens with one attached hydrogen (secondary N) is 1. The van der Waals surface area contributed by atoms with Gasteiger partial charge in [-0.2, -0.15) is 0 Å². The van der Waals surface area contributed by atoms with Crippen LogP contribution in [-0.2, 0) is 4.79 Å². The highest BCUT2D eigenvalue weighted by atomic mass is 19.1. The zero-order valence-corrected chi connectivity index (χ0v) is 10.7. The number of nitrogens with two attached hydrogens (primary N) is 1. The van der Waals surface area contributed by atoms with Crippen LogP contribution in [0.4, 0.5) is 4.39 Å². The van der Waals surface area contributed by atoms with Crippen LogP contribution in [0.15, 0.2) is 24.3 Å². The highest BCUT2D eigenvalue weighted by Gasteiger charge is 2.38. The molecule has 1 aromatic carbocycles. The first-order valence-electron chi connectivity index (χ1n) is 6.30. The Morgan fingerprint density at radius 1 is 1.44 bits per heavy atom. The lowest BCUT2D eigenvalue weighted by Crippen LogP contribution is -2.49. The molecule has 0 aromatic heterocycles.